The van der Waals surface area contributed by atoms with Crippen LogP contribution < -0.4 is 5.32 Å². The van der Waals surface area contributed by atoms with Gasteiger partial charge in [0.1, 0.15) is 5.69 Å². The van der Waals surface area contributed by atoms with Crippen LogP contribution in [-0.4, -0.2) is 26.3 Å². The standard InChI is InChI=1S/C21H28N4O/c1-12-8-9-13(2)20-17(12)11-19(24(20)6)21(26)22-14(3)10-18-15(4)23-25(7)16(18)5/h8-9,11,14H,10H2,1-7H3,(H,22,26)/t14-/m1/s1. The van der Waals surface area contributed by atoms with Gasteiger partial charge in [-0.25, -0.2) is 0 Å². The molecule has 0 saturated heterocycles. The Morgan fingerprint density at radius 2 is 1.81 bits per heavy atom. The molecule has 1 aromatic carbocycles. The van der Waals surface area contributed by atoms with Crippen molar-refractivity contribution in [1.29, 1.82) is 0 Å². The third kappa shape index (κ3) is 3.02. The highest BCUT2D eigenvalue weighted by atomic mass is 16.2. The summed E-state index contributed by atoms with van der Waals surface area (Å²) in [4.78, 5) is 12.9. The molecular weight excluding hydrogens is 324 g/mol. The second-order valence-corrected chi connectivity index (χ2v) is 7.40. The third-order valence-corrected chi connectivity index (χ3v) is 5.39. The zero-order chi connectivity index (χ0) is 19.2. The van der Waals surface area contributed by atoms with E-state index in [1.165, 1.54) is 16.7 Å². The molecule has 26 heavy (non-hydrogen) atoms. The summed E-state index contributed by atoms with van der Waals surface area (Å²) in [6, 6.07) is 6.25. The molecule has 2 heterocycles. The molecule has 3 rings (SSSR count). The third-order valence-electron chi connectivity index (χ3n) is 5.39. The minimum absolute atomic E-state index is 0.0318. The molecule has 138 valence electrons. The summed E-state index contributed by atoms with van der Waals surface area (Å²) in [7, 11) is 3.92. The van der Waals surface area contributed by atoms with E-state index in [9.17, 15) is 4.79 Å². The van der Waals surface area contributed by atoms with Gasteiger partial charge in [-0.15, -0.1) is 0 Å². The molecule has 1 N–H and O–H groups in total. The lowest BCUT2D eigenvalue weighted by atomic mass is 10.1. The SMILES string of the molecule is Cc1nn(C)c(C)c1C[C@@H](C)NC(=O)c1cc2c(C)ccc(C)c2n1C. The predicted octanol–water partition coefficient (Wildman–Crippen LogP) is 3.51. The van der Waals surface area contributed by atoms with Crippen LogP contribution in [0.3, 0.4) is 0 Å². The number of nitrogens with zero attached hydrogens (tertiary/aromatic N) is 3. The number of benzene rings is 1. The first-order valence-electron chi connectivity index (χ1n) is 9.06. The van der Waals surface area contributed by atoms with Crippen LogP contribution in [-0.2, 0) is 20.5 Å². The van der Waals surface area contributed by atoms with E-state index >= 15 is 0 Å². The Kier molecular flexibility index (Phi) is 4.65. The Balaban J connectivity index is 1.84. The van der Waals surface area contributed by atoms with E-state index in [2.05, 4.69) is 43.3 Å². The smallest absolute Gasteiger partial charge is 0.268 e. The lowest BCUT2D eigenvalue weighted by Gasteiger charge is -2.15. The second kappa shape index (κ2) is 6.63. The molecule has 5 heteroatoms. The van der Waals surface area contributed by atoms with Crippen molar-refractivity contribution in [2.75, 3.05) is 0 Å². The van der Waals surface area contributed by atoms with Gasteiger partial charge in [0.05, 0.1) is 11.2 Å². The van der Waals surface area contributed by atoms with Gasteiger partial charge in [-0.1, -0.05) is 12.1 Å². The number of aromatic nitrogens is 3. The van der Waals surface area contributed by atoms with Crippen molar-refractivity contribution >= 4 is 16.8 Å². The monoisotopic (exact) mass is 352 g/mol. The van der Waals surface area contributed by atoms with E-state index in [0.29, 0.717) is 5.69 Å². The van der Waals surface area contributed by atoms with Crippen molar-refractivity contribution in [3.05, 3.63) is 52.0 Å². The number of nitrogens with one attached hydrogen (secondary N) is 1. The topological polar surface area (TPSA) is 51.9 Å². The Bertz CT molecular complexity index is 994. The van der Waals surface area contributed by atoms with E-state index in [0.717, 1.165) is 28.7 Å². The molecule has 1 amide bonds. The maximum Gasteiger partial charge on any atom is 0.268 e. The largest absolute Gasteiger partial charge is 0.348 e. The molecule has 0 unspecified atom stereocenters. The van der Waals surface area contributed by atoms with Crippen LogP contribution in [0.25, 0.3) is 10.9 Å². The summed E-state index contributed by atoms with van der Waals surface area (Å²) in [5.41, 5.74) is 7.59. The first-order valence-corrected chi connectivity index (χ1v) is 9.06. The molecule has 0 aliphatic rings. The van der Waals surface area contributed by atoms with Gasteiger partial charge in [-0.3, -0.25) is 9.48 Å². The molecular formula is C21H28N4O. The molecule has 0 aliphatic heterocycles. The Morgan fingerprint density at radius 1 is 1.15 bits per heavy atom. The van der Waals surface area contributed by atoms with Gasteiger partial charge >= 0.3 is 0 Å². The Hall–Kier alpha value is -2.56. The Morgan fingerprint density at radius 3 is 2.38 bits per heavy atom. The van der Waals surface area contributed by atoms with Gasteiger partial charge in [0.25, 0.3) is 5.91 Å². The van der Waals surface area contributed by atoms with Gasteiger partial charge < -0.3 is 9.88 Å². The minimum atomic E-state index is -0.0332. The maximum absolute atomic E-state index is 12.9. The number of carbonyl (C=O) groups excluding carboxylic acids is 1. The van der Waals surface area contributed by atoms with E-state index in [1.54, 1.807) is 0 Å². The fourth-order valence-electron chi connectivity index (χ4n) is 3.78. The summed E-state index contributed by atoms with van der Waals surface area (Å²) in [5.74, 6) is -0.0332. The van der Waals surface area contributed by atoms with Gasteiger partial charge in [-0.2, -0.15) is 5.10 Å². The second-order valence-electron chi connectivity index (χ2n) is 7.40. The summed E-state index contributed by atoms with van der Waals surface area (Å²) < 4.78 is 3.90. The molecule has 3 aromatic rings. The number of hydrogen-bond acceptors (Lipinski definition) is 2. The number of aryl methyl sites for hydroxylation is 5. The molecule has 0 saturated carbocycles. The fraction of sp³-hybridized carbons (Fsp3) is 0.429. The van der Waals surface area contributed by atoms with Crippen LogP contribution in [0.1, 0.15) is 45.5 Å². The molecule has 0 spiro atoms. The van der Waals surface area contributed by atoms with E-state index in [1.807, 2.05) is 43.3 Å². The molecule has 1 atom stereocenters. The average Bonchev–Trinajstić information content (AvgIpc) is 3.04. The molecule has 0 radical (unpaired) electrons. The lowest BCUT2D eigenvalue weighted by molar-refractivity contribution is 0.0932. The van der Waals surface area contributed by atoms with Crippen LogP contribution in [0.5, 0.6) is 0 Å². The maximum atomic E-state index is 12.9. The molecule has 0 fully saturated rings. The van der Waals surface area contributed by atoms with Crippen molar-refractivity contribution in [3.8, 4) is 0 Å². The van der Waals surface area contributed by atoms with Gasteiger partial charge in [0.2, 0.25) is 0 Å². The number of hydrogen-bond donors (Lipinski definition) is 1. The van der Waals surface area contributed by atoms with E-state index < -0.39 is 0 Å². The number of amides is 1. The number of carbonyl (C=O) groups is 1. The van der Waals surface area contributed by atoms with Gasteiger partial charge in [0.15, 0.2) is 0 Å². The zero-order valence-electron chi connectivity index (χ0n) is 16.8. The van der Waals surface area contributed by atoms with Crippen LogP contribution in [0.15, 0.2) is 18.2 Å². The van der Waals surface area contributed by atoms with Crippen LogP contribution in [0.2, 0.25) is 0 Å². The zero-order valence-corrected chi connectivity index (χ0v) is 16.8. The van der Waals surface area contributed by atoms with E-state index in [-0.39, 0.29) is 11.9 Å². The fourth-order valence-corrected chi connectivity index (χ4v) is 3.78. The normalized spacial score (nSPS) is 12.6. The summed E-state index contributed by atoms with van der Waals surface area (Å²) in [5, 5.41) is 8.76. The highest BCUT2D eigenvalue weighted by Crippen LogP contribution is 2.25. The molecule has 0 aliphatic carbocycles. The Labute approximate surface area is 155 Å². The highest BCUT2D eigenvalue weighted by molar-refractivity contribution is 6.00. The first kappa shape index (κ1) is 18.2. The van der Waals surface area contributed by atoms with Crippen molar-refractivity contribution in [2.24, 2.45) is 14.1 Å². The lowest BCUT2D eigenvalue weighted by Crippen LogP contribution is -2.35. The first-order chi connectivity index (χ1) is 12.2. The summed E-state index contributed by atoms with van der Waals surface area (Å²) in [6.45, 7) is 10.3. The van der Waals surface area contributed by atoms with Crippen LogP contribution in [0.4, 0.5) is 0 Å². The average molecular weight is 352 g/mol. The summed E-state index contributed by atoms with van der Waals surface area (Å²) >= 11 is 0. The van der Waals surface area contributed by atoms with Crippen molar-refractivity contribution in [1.82, 2.24) is 19.7 Å². The van der Waals surface area contributed by atoms with E-state index in [4.69, 9.17) is 0 Å². The van der Waals surface area contributed by atoms with Crippen molar-refractivity contribution < 1.29 is 4.79 Å². The summed E-state index contributed by atoms with van der Waals surface area (Å²) in [6.07, 6.45) is 0.777. The van der Waals surface area contributed by atoms with Crippen molar-refractivity contribution in [3.63, 3.8) is 0 Å². The molecule has 0 bridgehead atoms. The molecule has 5 nitrogen and oxygen atoms in total. The van der Waals surface area contributed by atoms with Crippen LogP contribution >= 0.6 is 0 Å². The quantitative estimate of drug-likeness (QED) is 0.781. The molecule has 2 aromatic heterocycles. The predicted molar refractivity (Wildman–Crippen MR) is 106 cm³/mol. The van der Waals surface area contributed by atoms with Crippen LogP contribution in [0, 0.1) is 27.7 Å². The van der Waals surface area contributed by atoms with Gasteiger partial charge in [0, 0.05) is 31.2 Å². The highest BCUT2D eigenvalue weighted by Gasteiger charge is 2.19. The van der Waals surface area contributed by atoms with Gasteiger partial charge in [-0.05, 0) is 63.8 Å². The number of rotatable bonds is 4. The number of fused-ring (bicyclic) bond motifs is 1. The minimum Gasteiger partial charge on any atom is -0.348 e. The van der Waals surface area contributed by atoms with Crippen molar-refractivity contribution in [2.45, 2.75) is 47.1 Å².